The van der Waals surface area contributed by atoms with Crippen molar-refractivity contribution in [2.45, 2.75) is 94.1 Å². The van der Waals surface area contributed by atoms with E-state index in [2.05, 4.69) is 6.92 Å². The minimum absolute atomic E-state index is 0. The van der Waals surface area contributed by atoms with Crippen LogP contribution in [0.5, 0.6) is 0 Å². The van der Waals surface area contributed by atoms with Crippen LogP contribution in [0.15, 0.2) is 11.1 Å². The molecule has 178 valence electrons. The van der Waals surface area contributed by atoms with Gasteiger partial charge in [-0.2, -0.15) is 0 Å². The molecule has 3 saturated heterocycles. The van der Waals surface area contributed by atoms with E-state index in [4.69, 9.17) is 23.7 Å². The topological polar surface area (TPSA) is 130 Å². The van der Waals surface area contributed by atoms with Gasteiger partial charge in [-0.25, -0.2) is 4.79 Å². The number of hydrogen-bond donors (Lipinski definition) is 0. The number of carbonyl (C=O) groups excluding carboxylic acids is 3. The van der Waals surface area contributed by atoms with E-state index in [1.807, 2.05) is 13.8 Å². The summed E-state index contributed by atoms with van der Waals surface area (Å²) in [6, 6.07) is 0. The van der Waals surface area contributed by atoms with Gasteiger partial charge in [0, 0.05) is 17.0 Å². The maximum atomic E-state index is 12.7. The number of aliphatic carboxylic acids is 1. The molecule has 7 rings (SSSR count). The molecule has 4 heterocycles. The molecular weight excluding hydrogens is 455 g/mol. The smallest absolute Gasteiger partial charge is 0.550 e. The fourth-order valence-electron chi connectivity index (χ4n) is 8.24. The van der Waals surface area contributed by atoms with Crippen LogP contribution in [-0.2, 0) is 38.1 Å². The standard InChI is InChI=1S/C24H28O9.Na/c1-10(2)22-17(32-22)18-24(33-18)21(3)7-6-11-12(9-29-19(11)28)13(21)8-14-23(24,31-14)20(22)30-16(27)5-4-15(25)26;/h10,13-14,17-18,20H,4-9H2,1-3H3,(H,25,26);/q;+1/p-1/t13?,14-,17-,18-,20+,21-,22-,23+,24+;/m0./s1. The third-order valence-corrected chi connectivity index (χ3v) is 9.85. The Hall–Kier alpha value is -0.970. The number of rotatable bonds is 5. The zero-order valence-electron chi connectivity index (χ0n) is 19.9. The Morgan fingerprint density at radius 3 is 2.65 bits per heavy atom. The first kappa shape index (κ1) is 23.4. The van der Waals surface area contributed by atoms with Gasteiger partial charge in [-0.05, 0) is 43.1 Å². The van der Waals surface area contributed by atoms with Crippen LogP contribution in [0.1, 0.15) is 52.9 Å². The second-order valence-electron chi connectivity index (χ2n) is 11.2. The first-order chi connectivity index (χ1) is 15.6. The van der Waals surface area contributed by atoms with Crippen LogP contribution in [0.25, 0.3) is 0 Å². The van der Waals surface area contributed by atoms with Crippen molar-refractivity contribution in [1.82, 2.24) is 0 Å². The average Bonchev–Trinajstić information content (AvgIpc) is 3.65. The molecule has 0 amide bonds. The van der Waals surface area contributed by atoms with Crippen molar-refractivity contribution in [2.24, 2.45) is 17.3 Å². The minimum atomic E-state index is -1.29. The number of fused-ring (bicyclic) bond motifs is 4. The van der Waals surface area contributed by atoms with Crippen molar-refractivity contribution in [3.63, 3.8) is 0 Å². The normalized spacial score (nSPS) is 50.4. The van der Waals surface area contributed by atoms with E-state index in [1.165, 1.54) is 0 Å². The van der Waals surface area contributed by atoms with E-state index < -0.39 is 41.3 Å². The molecule has 0 aromatic rings. The molecule has 0 aromatic carbocycles. The fourth-order valence-corrected chi connectivity index (χ4v) is 8.24. The van der Waals surface area contributed by atoms with Gasteiger partial charge >= 0.3 is 41.5 Å². The van der Waals surface area contributed by atoms with E-state index in [1.54, 1.807) is 0 Å². The maximum Gasteiger partial charge on any atom is 1.00 e. The number of carboxylic acids is 1. The van der Waals surface area contributed by atoms with E-state index in [9.17, 15) is 19.5 Å². The Morgan fingerprint density at radius 1 is 1.18 bits per heavy atom. The van der Waals surface area contributed by atoms with Crippen LogP contribution in [0.4, 0.5) is 0 Å². The van der Waals surface area contributed by atoms with Crippen LogP contribution < -0.4 is 34.7 Å². The molecule has 34 heavy (non-hydrogen) atoms. The SMILES string of the molecule is CC(C)[C@]12O[C@H]1[C@@H]1O[C@]13[C@]1(O[C@H]1CC1C4=C(CC[C@@]13C)C(=O)OC4)[C@@H]2OC(=O)CCC(=O)[O-].[Na+]. The fraction of sp³-hybridized carbons (Fsp3) is 0.792. The van der Waals surface area contributed by atoms with Crippen LogP contribution in [0, 0.1) is 17.3 Å². The summed E-state index contributed by atoms with van der Waals surface area (Å²) in [6.07, 6.45) is 0.210. The molecule has 9 nitrogen and oxygen atoms in total. The van der Waals surface area contributed by atoms with Gasteiger partial charge in [0.2, 0.25) is 0 Å². The molecule has 0 aromatic heterocycles. The van der Waals surface area contributed by atoms with Crippen molar-refractivity contribution in [3.05, 3.63) is 11.1 Å². The molecule has 0 radical (unpaired) electrons. The molecule has 9 atom stereocenters. The van der Waals surface area contributed by atoms with E-state index in [0.717, 1.165) is 17.6 Å². The Kier molecular flexibility index (Phi) is 4.73. The van der Waals surface area contributed by atoms with Crippen molar-refractivity contribution in [3.8, 4) is 0 Å². The zero-order chi connectivity index (χ0) is 23.1. The molecule has 0 bridgehead atoms. The van der Waals surface area contributed by atoms with Crippen LogP contribution in [-0.4, -0.2) is 65.7 Å². The number of epoxide rings is 3. The molecular formula is C24H27NaO9. The molecule has 10 heteroatoms. The van der Waals surface area contributed by atoms with Crippen molar-refractivity contribution in [1.29, 1.82) is 0 Å². The molecule has 1 unspecified atom stereocenters. The number of carbonyl (C=O) groups is 3. The zero-order valence-corrected chi connectivity index (χ0v) is 21.9. The summed E-state index contributed by atoms with van der Waals surface area (Å²) in [5.74, 6) is -1.94. The largest absolute Gasteiger partial charge is 1.00 e. The summed E-state index contributed by atoms with van der Waals surface area (Å²) in [4.78, 5) is 35.8. The van der Waals surface area contributed by atoms with Gasteiger partial charge in [0.15, 0.2) is 11.7 Å². The molecule has 7 aliphatic rings. The predicted molar refractivity (Wildman–Crippen MR) is 105 cm³/mol. The molecule has 4 aliphatic heterocycles. The van der Waals surface area contributed by atoms with Crippen LogP contribution in [0.3, 0.4) is 0 Å². The second-order valence-corrected chi connectivity index (χ2v) is 11.2. The average molecular weight is 482 g/mol. The van der Waals surface area contributed by atoms with Crippen LogP contribution in [0.2, 0.25) is 0 Å². The Balaban J connectivity index is 0.00000217. The summed E-state index contributed by atoms with van der Waals surface area (Å²) in [5.41, 5.74) is -0.635. The number of ether oxygens (including phenoxy) is 5. The number of carboxylic acid groups (broad SMARTS) is 1. The van der Waals surface area contributed by atoms with Crippen molar-refractivity contribution in [2.75, 3.05) is 6.61 Å². The van der Waals surface area contributed by atoms with Gasteiger partial charge in [-0.15, -0.1) is 0 Å². The van der Waals surface area contributed by atoms with Gasteiger partial charge in [-0.1, -0.05) is 20.8 Å². The summed E-state index contributed by atoms with van der Waals surface area (Å²) >= 11 is 0. The summed E-state index contributed by atoms with van der Waals surface area (Å²) in [6.45, 7) is 6.62. The first-order valence-electron chi connectivity index (χ1n) is 12.0. The number of esters is 2. The van der Waals surface area contributed by atoms with E-state index in [0.29, 0.717) is 19.4 Å². The second kappa shape index (κ2) is 6.86. The number of hydrogen-bond acceptors (Lipinski definition) is 9. The monoisotopic (exact) mass is 482 g/mol. The summed E-state index contributed by atoms with van der Waals surface area (Å²) in [7, 11) is 0. The van der Waals surface area contributed by atoms with Gasteiger partial charge in [0.1, 0.15) is 30.0 Å². The van der Waals surface area contributed by atoms with E-state index in [-0.39, 0.29) is 77.5 Å². The molecule has 5 fully saturated rings. The third kappa shape index (κ3) is 2.40. The van der Waals surface area contributed by atoms with Gasteiger partial charge in [0.25, 0.3) is 0 Å². The summed E-state index contributed by atoms with van der Waals surface area (Å²) in [5, 5.41) is 10.9. The van der Waals surface area contributed by atoms with E-state index >= 15 is 0 Å². The van der Waals surface area contributed by atoms with Crippen LogP contribution >= 0.6 is 0 Å². The molecule has 3 aliphatic carbocycles. The van der Waals surface area contributed by atoms with Crippen molar-refractivity contribution < 1.29 is 72.7 Å². The Bertz CT molecular complexity index is 1060. The molecule has 2 spiro atoms. The Labute approximate surface area is 219 Å². The summed E-state index contributed by atoms with van der Waals surface area (Å²) < 4.78 is 30.9. The third-order valence-electron chi connectivity index (χ3n) is 9.85. The molecule has 0 N–H and O–H groups in total. The first-order valence-corrected chi connectivity index (χ1v) is 12.0. The van der Waals surface area contributed by atoms with Crippen molar-refractivity contribution >= 4 is 17.9 Å². The van der Waals surface area contributed by atoms with Gasteiger partial charge < -0.3 is 33.6 Å². The van der Waals surface area contributed by atoms with Gasteiger partial charge in [-0.3, -0.25) is 4.79 Å². The predicted octanol–water partition coefficient (Wildman–Crippen LogP) is -2.81. The minimum Gasteiger partial charge on any atom is -0.550 e. The Morgan fingerprint density at radius 2 is 1.94 bits per heavy atom. The van der Waals surface area contributed by atoms with Gasteiger partial charge in [0.05, 0.1) is 12.5 Å². The quantitative estimate of drug-likeness (QED) is 0.232. The maximum absolute atomic E-state index is 12.7. The number of cyclic esters (lactones) is 1. The molecule has 2 saturated carbocycles.